The van der Waals surface area contributed by atoms with Gasteiger partial charge in [-0.25, -0.2) is 0 Å². The molecular formula is C27H35N3O5. The molecule has 8 nitrogen and oxygen atoms in total. The van der Waals surface area contributed by atoms with Crippen molar-refractivity contribution >= 4 is 23.4 Å². The number of carbonyl (C=O) groups excluding carboxylic acids is 3. The van der Waals surface area contributed by atoms with Crippen LogP contribution in [0, 0.1) is 11.8 Å². The van der Waals surface area contributed by atoms with Crippen molar-refractivity contribution in [3.63, 3.8) is 0 Å². The molecule has 0 aliphatic carbocycles. The molecule has 5 atom stereocenters. The van der Waals surface area contributed by atoms with Crippen molar-refractivity contribution < 1.29 is 24.2 Å². The Morgan fingerprint density at radius 1 is 1.20 bits per heavy atom. The van der Waals surface area contributed by atoms with E-state index in [9.17, 15) is 19.5 Å². The summed E-state index contributed by atoms with van der Waals surface area (Å²) >= 11 is 0. The van der Waals surface area contributed by atoms with Crippen molar-refractivity contribution in [1.82, 2.24) is 9.80 Å². The molecule has 4 rings (SSSR count). The first-order valence-corrected chi connectivity index (χ1v) is 12.3. The first kappa shape index (κ1) is 25.1. The van der Waals surface area contributed by atoms with Gasteiger partial charge in [0.25, 0.3) is 0 Å². The molecule has 0 saturated carbocycles. The van der Waals surface area contributed by atoms with Crippen LogP contribution in [0.2, 0.25) is 0 Å². The number of aliphatic hydroxyl groups is 1. The third kappa shape index (κ3) is 3.98. The highest BCUT2D eigenvalue weighted by Gasteiger charge is 2.74. The van der Waals surface area contributed by atoms with Gasteiger partial charge < -0.3 is 24.5 Å². The molecule has 3 amide bonds. The van der Waals surface area contributed by atoms with Gasteiger partial charge >= 0.3 is 0 Å². The Morgan fingerprint density at radius 3 is 2.49 bits per heavy atom. The molecule has 3 aliphatic heterocycles. The van der Waals surface area contributed by atoms with Gasteiger partial charge in [0.2, 0.25) is 17.7 Å². The van der Waals surface area contributed by atoms with E-state index in [-0.39, 0.29) is 36.9 Å². The summed E-state index contributed by atoms with van der Waals surface area (Å²) in [5.41, 5.74) is -0.365. The Labute approximate surface area is 206 Å². The van der Waals surface area contributed by atoms with E-state index in [0.29, 0.717) is 25.9 Å². The average Bonchev–Trinajstić information content (AvgIpc) is 3.48. The van der Waals surface area contributed by atoms with E-state index in [0.717, 1.165) is 5.69 Å². The number of para-hydroxylation sites is 1. The summed E-state index contributed by atoms with van der Waals surface area (Å²) in [4.78, 5) is 46.4. The second-order valence-electron chi connectivity index (χ2n) is 9.76. The topological polar surface area (TPSA) is 90.4 Å². The number of rotatable bonds is 10. The standard InChI is InChI=1S/C27H35N3O5/c1-5-14-28(18(3)4)26(34)23-27-13-12-20(35-27)21(22(27)25(33)30(23)16-17-31)24(32)29(15-6-2)19-10-8-7-9-11-19/h5-11,18,20-23,31H,1-2,12-17H2,3-4H3/t20-,21+,22+,23?,27?/m1/s1. The third-order valence-electron chi connectivity index (χ3n) is 7.54. The van der Waals surface area contributed by atoms with Crippen LogP contribution in [0.5, 0.6) is 0 Å². The monoisotopic (exact) mass is 481 g/mol. The molecule has 3 aliphatic rings. The molecule has 1 aromatic carbocycles. The van der Waals surface area contributed by atoms with Gasteiger partial charge in [-0.2, -0.15) is 0 Å². The summed E-state index contributed by atoms with van der Waals surface area (Å²) in [5.74, 6) is -2.22. The quantitative estimate of drug-likeness (QED) is 0.517. The molecule has 2 unspecified atom stereocenters. The van der Waals surface area contributed by atoms with Gasteiger partial charge in [0, 0.05) is 31.4 Å². The Balaban J connectivity index is 1.74. The van der Waals surface area contributed by atoms with E-state index in [4.69, 9.17) is 4.74 Å². The van der Waals surface area contributed by atoms with E-state index in [1.165, 1.54) is 4.90 Å². The van der Waals surface area contributed by atoms with Crippen LogP contribution < -0.4 is 4.90 Å². The number of amides is 3. The molecule has 3 fully saturated rings. The van der Waals surface area contributed by atoms with Gasteiger partial charge in [0.15, 0.2) is 0 Å². The average molecular weight is 482 g/mol. The highest BCUT2D eigenvalue weighted by molar-refractivity contribution is 6.03. The molecule has 1 aromatic rings. The van der Waals surface area contributed by atoms with Gasteiger partial charge in [-0.3, -0.25) is 14.4 Å². The van der Waals surface area contributed by atoms with E-state index in [2.05, 4.69) is 13.2 Å². The molecule has 3 saturated heterocycles. The zero-order chi connectivity index (χ0) is 25.3. The lowest BCUT2D eigenvalue weighted by atomic mass is 9.70. The number of anilines is 1. The van der Waals surface area contributed by atoms with Gasteiger partial charge in [0.05, 0.1) is 24.5 Å². The van der Waals surface area contributed by atoms with E-state index in [1.807, 2.05) is 44.2 Å². The SMILES string of the molecule is C=CCN(C(=O)[C@@H]1[C@H]2C(=O)N(CCO)C(C(=O)N(CC=C)C(C)C)C23CC[C@H]1O3)c1ccccc1. The van der Waals surface area contributed by atoms with Gasteiger partial charge in [-0.15, -0.1) is 13.2 Å². The summed E-state index contributed by atoms with van der Waals surface area (Å²) in [7, 11) is 0. The van der Waals surface area contributed by atoms with Crippen LogP contribution in [0.4, 0.5) is 5.69 Å². The largest absolute Gasteiger partial charge is 0.395 e. The van der Waals surface area contributed by atoms with Crippen LogP contribution in [0.25, 0.3) is 0 Å². The Bertz CT molecular complexity index is 996. The zero-order valence-corrected chi connectivity index (χ0v) is 20.5. The van der Waals surface area contributed by atoms with Crippen LogP contribution >= 0.6 is 0 Å². The number of benzene rings is 1. The van der Waals surface area contributed by atoms with Crippen LogP contribution in [-0.4, -0.2) is 82.7 Å². The van der Waals surface area contributed by atoms with E-state index < -0.39 is 29.6 Å². The number of hydrogen-bond acceptors (Lipinski definition) is 5. The molecule has 35 heavy (non-hydrogen) atoms. The summed E-state index contributed by atoms with van der Waals surface area (Å²) in [6.45, 7) is 11.8. The lowest BCUT2D eigenvalue weighted by molar-refractivity contribution is -0.149. The van der Waals surface area contributed by atoms with Crippen molar-refractivity contribution in [3.8, 4) is 0 Å². The first-order chi connectivity index (χ1) is 16.8. The second kappa shape index (κ2) is 9.95. The minimum atomic E-state index is -1.08. The fourth-order valence-electron chi connectivity index (χ4n) is 6.15. The number of aliphatic hydroxyl groups excluding tert-OH is 1. The number of hydrogen-bond donors (Lipinski definition) is 1. The molecule has 3 heterocycles. The van der Waals surface area contributed by atoms with Crippen molar-refractivity contribution in [3.05, 3.63) is 55.6 Å². The molecule has 2 bridgehead atoms. The second-order valence-corrected chi connectivity index (χ2v) is 9.76. The number of likely N-dealkylation sites (tertiary alicyclic amines) is 1. The normalized spacial score (nSPS) is 28.8. The van der Waals surface area contributed by atoms with Crippen LogP contribution in [0.1, 0.15) is 26.7 Å². The Hall–Kier alpha value is -2.97. The predicted octanol–water partition coefficient (Wildman–Crippen LogP) is 2.00. The molecule has 1 N–H and O–H groups in total. The zero-order valence-electron chi connectivity index (χ0n) is 20.5. The number of ether oxygens (including phenoxy) is 1. The first-order valence-electron chi connectivity index (χ1n) is 12.3. The van der Waals surface area contributed by atoms with Gasteiger partial charge in [0.1, 0.15) is 11.6 Å². The van der Waals surface area contributed by atoms with Gasteiger partial charge in [-0.1, -0.05) is 30.4 Å². The lowest BCUT2D eigenvalue weighted by Crippen LogP contribution is -2.57. The number of carbonyl (C=O) groups is 3. The number of nitrogens with zero attached hydrogens (tertiary/aromatic N) is 3. The van der Waals surface area contributed by atoms with Crippen molar-refractivity contribution in [2.45, 2.75) is 50.5 Å². The van der Waals surface area contributed by atoms with Crippen LogP contribution in [0.3, 0.4) is 0 Å². The highest BCUT2D eigenvalue weighted by atomic mass is 16.5. The van der Waals surface area contributed by atoms with Crippen LogP contribution in [0.15, 0.2) is 55.6 Å². The predicted molar refractivity (Wildman–Crippen MR) is 132 cm³/mol. The maximum absolute atomic E-state index is 14.0. The maximum atomic E-state index is 14.0. The van der Waals surface area contributed by atoms with Crippen molar-refractivity contribution in [2.24, 2.45) is 11.8 Å². The maximum Gasteiger partial charge on any atom is 0.248 e. The fourth-order valence-corrected chi connectivity index (χ4v) is 6.15. The number of fused-ring (bicyclic) bond motifs is 1. The molecular weight excluding hydrogens is 446 g/mol. The summed E-state index contributed by atoms with van der Waals surface area (Å²) in [6.07, 6.45) is 3.99. The molecule has 188 valence electrons. The van der Waals surface area contributed by atoms with Gasteiger partial charge in [-0.05, 0) is 38.8 Å². The van der Waals surface area contributed by atoms with Crippen molar-refractivity contribution in [2.75, 3.05) is 31.1 Å². The summed E-state index contributed by atoms with van der Waals surface area (Å²) in [6, 6.07) is 8.29. The molecule has 0 radical (unpaired) electrons. The van der Waals surface area contributed by atoms with Crippen molar-refractivity contribution in [1.29, 1.82) is 0 Å². The van der Waals surface area contributed by atoms with Crippen LogP contribution in [-0.2, 0) is 19.1 Å². The highest BCUT2D eigenvalue weighted by Crippen LogP contribution is 2.59. The third-order valence-corrected chi connectivity index (χ3v) is 7.54. The van der Waals surface area contributed by atoms with E-state index in [1.54, 1.807) is 22.0 Å². The summed E-state index contributed by atoms with van der Waals surface area (Å²) < 4.78 is 6.48. The molecule has 1 spiro atoms. The summed E-state index contributed by atoms with van der Waals surface area (Å²) in [5, 5.41) is 9.75. The smallest absolute Gasteiger partial charge is 0.248 e. The lowest BCUT2D eigenvalue weighted by Gasteiger charge is -2.38. The molecule has 0 aromatic heterocycles. The van der Waals surface area contributed by atoms with E-state index >= 15 is 0 Å². The fraction of sp³-hybridized carbons (Fsp3) is 0.519. The minimum absolute atomic E-state index is 0.0114. The minimum Gasteiger partial charge on any atom is -0.395 e. The molecule has 8 heteroatoms. The Kier molecular flexibility index (Phi) is 7.15. The number of β-amino-alcohol motifs (C(OH)–C–C–N with tert-alkyl or cyclic N) is 1. The Morgan fingerprint density at radius 2 is 1.89 bits per heavy atom.